The SMILES string of the molecule is O=C(O)c1cccc(CN2CCC(F)(F)CC2)c1. The molecule has 1 heterocycles. The van der Waals surface area contributed by atoms with Crippen LogP contribution in [0.3, 0.4) is 0 Å². The van der Waals surface area contributed by atoms with Gasteiger partial charge in [0.05, 0.1) is 5.56 Å². The van der Waals surface area contributed by atoms with Gasteiger partial charge in [-0.25, -0.2) is 13.6 Å². The molecule has 1 aromatic carbocycles. The van der Waals surface area contributed by atoms with Crippen molar-refractivity contribution in [3.63, 3.8) is 0 Å². The van der Waals surface area contributed by atoms with E-state index in [0.717, 1.165) is 5.56 Å². The summed E-state index contributed by atoms with van der Waals surface area (Å²) in [6, 6.07) is 6.61. The van der Waals surface area contributed by atoms with E-state index in [1.807, 2.05) is 11.0 Å². The summed E-state index contributed by atoms with van der Waals surface area (Å²) in [6.45, 7) is 1.23. The van der Waals surface area contributed by atoms with Crippen molar-refractivity contribution in [3.05, 3.63) is 35.4 Å². The summed E-state index contributed by atoms with van der Waals surface area (Å²) in [5.41, 5.74) is 1.08. The van der Waals surface area contributed by atoms with Crippen LogP contribution in [0.15, 0.2) is 24.3 Å². The van der Waals surface area contributed by atoms with Crippen LogP contribution in [0.2, 0.25) is 0 Å². The summed E-state index contributed by atoms with van der Waals surface area (Å²) in [5, 5.41) is 8.87. The van der Waals surface area contributed by atoms with Gasteiger partial charge in [-0.2, -0.15) is 0 Å². The highest BCUT2D eigenvalue weighted by Gasteiger charge is 2.33. The summed E-state index contributed by atoms with van der Waals surface area (Å²) in [5.74, 6) is -3.51. The van der Waals surface area contributed by atoms with Crippen molar-refractivity contribution in [1.82, 2.24) is 4.90 Å². The first kappa shape index (κ1) is 13.0. The maximum Gasteiger partial charge on any atom is 0.335 e. The first-order valence-electron chi connectivity index (χ1n) is 5.89. The number of nitrogens with zero attached hydrogens (tertiary/aromatic N) is 1. The van der Waals surface area contributed by atoms with E-state index in [4.69, 9.17) is 5.11 Å². The van der Waals surface area contributed by atoms with E-state index in [1.165, 1.54) is 6.07 Å². The van der Waals surface area contributed by atoms with Crippen molar-refractivity contribution in [3.8, 4) is 0 Å². The molecule has 3 nitrogen and oxygen atoms in total. The first-order chi connectivity index (χ1) is 8.46. The van der Waals surface area contributed by atoms with Gasteiger partial charge in [0.2, 0.25) is 0 Å². The maximum atomic E-state index is 13.0. The van der Waals surface area contributed by atoms with Gasteiger partial charge in [0, 0.05) is 32.5 Å². The van der Waals surface area contributed by atoms with Gasteiger partial charge in [0.15, 0.2) is 0 Å². The molecule has 18 heavy (non-hydrogen) atoms. The second-order valence-electron chi connectivity index (χ2n) is 4.64. The van der Waals surface area contributed by atoms with Crippen LogP contribution in [-0.2, 0) is 6.54 Å². The van der Waals surface area contributed by atoms with E-state index < -0.39 is 11.9 Å². The van der Waals surface area contributed by atoms with Crippen molar-refractivity contribution in [1.29, 1.82) is 0 Å². The van der Waals surface area contributed by atoms with Gasteiger partial charge in [-0.1, -0.05) is 12.1 Å². The molecule has 1 aliphatic heterocycles. The Bertz CT molecular complexity index is 438. The minimum Gasteiger partial charge on any atom is -0.478 e. The number of alkyl halides is 2. The first-order valence-corrected chi connectivity index (χ1v) is 5.89. The molecule has 0 radical (unpaired) electrons. The minimum absolute atomic E-state index is 0.119. The van der Waals surface area contributed by atoms with Gasteiger partial charge in [-0.15, -0.1) is 0 Å². The van der Waals surface area contributed by atoms with Crippen molar-refractivity contribution < 1.29 is 18.7 Å². The van der Waals surface area contributed by atoms with Crippen molar-refractivity contribution in [2.24, 2.45) is 0 Å². The molecule has 1 saturated heterocycles. The van der Waals surface area contributed by atoms with E-state index in [1.54, 1.807) is 12.1 Å². The zero-order chi connectivity index (χ0) is 13.2. The van der Waals surface area contributed by atoms with E-state index in [-0.39, 0.29) is 18.4 Å². The average Bonchev–Trinajstić information content (AvgIpc) is 2.32. The molecule has 5 heteroatoms. The largest absolute Gasteiger partial charge is 0.478 e. The monoisotopic (exact) mass is 255 g/mol. The molecule has 1 aromatic rings. The smallest absolute Gasteiger partial charge is 0.335 e. The normalized spacial score (nSPS) is 19.7. The summed E-state index contributed by atoms with van der Waals surface area (Å²) < 4.78 is 26.0. The fourth-order valence-electron chi connectivity index (χ4n) is 2.10. The van der Waals surface area contributed by atoms with E-state index >= 15 is 0 Å². The number of carboxylic acid groups (broad SMARTS) is 1. The van der Waals surface area contributed by atoms with Gasteiger partial charge >= 0.3 is 5.97 Å². The second-order valence-corrected chi connectivity index (χ2v) is 4.64. The molecule has 1 aliphatic rings. The number of rotatable bonds is 3. The van der Waals surface area contributed by atoms with Crippen LogP contribution >= 0.6 is 0 Å². The predicted octanol–water partition coefficient (Wildman–Crippen LogP) is 2.62. The Morgan fingerprint density at radius 2 is 2.00 bits per heavy atom. The maximum absolute atomic E-state index is 13.0. The van der Waals surface area contributed by atoms with Gasteiger partial charge < -0.3 is 5.11 Å². The number of likely N-dealkylation sites (tertiary alicyclic amines) is 1. The molecule has 0 amide bonds. The van der Waals surface area contributed by atoms with E-state index in [9.17, 15) is 13.6 Å². The fraction of sp³-hybridized carbons (Fsp3) is 0.462. The van der Waals surface area contributed by atoms with Crippen LogP contribution in [0.1, 0.15) is 28.8 Å². The lowest BCUT2D eigenvalue weighted by atomic mass is 10.1. The van der Waals surface area contributed by atoms with E-state index in [0.29, 0.717) is 19.6 Å². The van der Waals surface area contributed by atoms with Crippen LogP contribution in [0, 0.1) is 0 Å². The number of aromatic carboxylic acids is 1. The van der Waals surface area contributed by atoms with E-state index in [2.05, 4.69) is 0 Å². The molecule has 0 bridgehead atoms. The summed E-state index contributed by atoms with van der Waals surface area (Å²) in [6.07, 6.45) is -0.239. The molecule has 0 atom stereocenters. The zero-order valence-corrected chi connectivity index (χ0v) is 9.90. The van der Waals surface area contributed by atoms with Crippen LogP contribution in [0.25, 0.3) is 0 Å². The molecule has 98 valence electrons. The van der Waals surface area contributed by atoms with Crippen molar-refractivity contribution >= 4 is 5.97 Å². The Hall–Kier alpha value is -1.49. The zero-order valence-electron chi connectivity index (χ0n) is 9.90. The molecule has 1 N–H and O–H groups in total. The number of halogens is 2. The molecule has 0 unspecified atom stereocenters. The average molecular weight is 255 g/mol. The predicted molar refractivity (Wildman–Crippen MR) is 62.9 cm³/mol. The highest BCUT2D eigenvalue weighted by molar-refractivity contribution is 5.87. The van der Waals surface area contributed by atoms with Crippen LogP contribution in [0.4, 0.5) is 8.78 Å². The lowest BCUT2D eigenvalue weighted by Crippen LogP contribution is -2.38. The molecule has 0 aliphatic carbocycles. The number of hydrogen-bond donors (Lipinski definition) is 1. The number of hydrogen-bond acceptors (Lipinski definition) is 2. The number of carbonyl (C=O) groups is 1. The minimum atomic E-state index is -2.54. The number of carboxylic acids is 1. The molecule has 0 saturated carbocycles. The Kier molecular flexibility index (Phi) is 3.61. The number of piperidine rings is 1. The fourth-order valence-corrected chi connectivity index (χ4v) is 2.10. The van der Waals surface area contributed by atoms with Crippen molar-refractivity contribution in [2.45, 2.75) is 25.3 Å². The van der Waals surface area contributed by atoms with Crippen molar-refractivity contribution in [2.75, 3.05) is 13.1 Å². The Morgan fingerprint density at radius 1 is 1.33 bits per heavy atom. The Labute approximate surface area is 104 Å². The van der Waals surface area contributed by atoms with Gasteiger partial charge in [-0.3, -0.25) is 4.90 Å². The molecular formula is C13H15F2NO2. The Balaban J connectivity index is 1.98. The lowest BCUT2D eigenvalue weighted by Gasteiger charge is -2.31. The molecular weight excluding hydrogens is 240 g/mol. The van der Waals surface area contributed by atoms with Gasteiger partial charge in [0.1, 0.15) is 0 Å². The molecule has 1 fully saturated rings. The quantitative estimate of drug-likeness (QED) is 0.902. The third-order valence-corrected chi connectivity index (χ3v) is 3.17. The van der Waals surface area contributed by atoms with Gasteiger partial charge in [-0.05, 0) is 17.7 Å². The topological polar surface area (TPSA) is 40.5 Å². The lowest BCUT2D eigenvalue weighted by molar-refractivity contribution is -0.0566. The number of benzene rings is 1. The summed E-state index contributed by atoms with van der Waals surface area (Å²) >= 11 is 0. The standard InChI is InChI=1S/C13H15F2NO2/c14-13(15)4-6-16(7-5-13)9-10-2-1-3-11(8-10)12(17)18/h1-3,8H,4-7,9H2,(H,17,18). The highest BCUT2D eigenvalue weighted by atomic mass is 19.3. The van der Waals surface area contributed by atoms with Crippen LogP contribution in [-0.4, -0.2) is 35.0 Å². The van der Waals surface area contributed by atoms with Crippen LogP contribution < -0.4 is 0 Å². The highest BCUT2D eigenvalue weighted by Crippen LogP contribution is 2.28. The molecule has 2 rings (SSSR count). The van der Waals surface area contributed by atoms with Crippen LogP contribution in [0.5, 0.6) is 0 Å². The third-order valence-electron chi connectivity index (χ3n) is 3.17. The van der Waals surface area contributed by atoms with Gasteiger partial charge in [0.25, 0.3) is 5.92 Å². The molecule has 0 spiro atoms. The Morgan fingerprint density at radius 3 is 2.61 bits per heavy atom. The second kappa shape index (κ2) is 5.02. The third kappa shape index (κ3) is 3.26. The molecule has 0 aromatic heterocycles. The summed E-state index contributed by atoms with van der Waals surface area (Å²) in [4.78, 5) is 12.7. The summed E-state index contributed by atoms with van der Waals surface area (Å²) in [7, 11) is 0.